The van der Waals surface area contributed by atoms with Crippen LogP contribution in [0.15, 0.2) is 80.2 Å². The van der Waals surface area contributed by atoms with E-state index in [0.29, 0.717) is 0 Å². The summed E-state index contributed by atoms with van der Waals surface area (Å²) >= 11 is 7.23. The molecule has 0 aliphatic carbocycles. The van der Waals surface area contributed by atoms with Gasteiger partial charge in [-0.15, -0.1) is 47.0 Å². The fourth-order valence-electron chi connectivity index (χ4n) is 2.89. The minimum atomic E-state index is 1.27. The second-order valence-corrected chi connectivity index (χ2v) is 9.11. The van der Waals surface area contributed by atoms with Gasteiger partial charge in [-0.2, -0.15) is 0 Å². The fraction of sp³-hybridized carbons (Fsp3) is 0.182. The Hall–Kier alpha value is -0.940. The van der Waals surface area contributed by atoms with Crippen molar-refractivity contribution in [2.75, 3.05) is 25.0 Å². The van der Waals surface area contributed by atoms with Crippen LogP contribution >= 0.6 is 47.0 Å². The van der Waals surface area contributed by atoms with Crippen molar-refractivity contribution >= 4 is 47.0 Å². The number of hydrogen-bond donors (Lipinski definition) is 0. The number of hydrogen-bond acceptors (Lipinski definition) is 4. The van der Waals surface area contributed by atoms with Crippen LogP contribution in [0.1, 0.15) is 0 Å². The van der Waals surface area contributed by atoms with Crippen molar-refractivity contribution in [1.82, 2.24) is 0 Å². The lowest BCUT2D eigenvalue weighted by atomic mass is 10.0. The maximum atomic E-state index is 2.30. The Morgan fingerprint density at radius 1 is 0.385 bits per heavy atom. The van der Waals surface area contributed by atoms with Crippen LogP contribution in [0.3, 0.4) is 0 Å². The maximum absolute atomic E-state index is 2.30. The van der Waals surface area contributed by atoms with Crippen molar-refractivity contribution in [3.63, 3.8) is 0 Å². The maximum Gasteiger partial charge on any atom is 0.0211 e. The summed E-state index contributed by atoms with van der Waals surface area (Å²) in [4.78, 5) is 5.38. The molecule has 3 aromatic rings. The Morgan fingerprint density at radius 3 is 1.00 bits per heavy atom. The summed E-state index contributed by atoms with van der Waals surface area (Å²) in [6.45, 7) is 0. The highest BCUT2D eigenvalue weighted by molar-refractivity contribution is 8.02. The molecular formula is C22H22S4. The van der Waals surface area contributed by atoms with Crippen molar-refractivity contribution in [3.8, 4) is 22.3 Å². The molecule has 4 heteroatoms. The summed E-state index contributed by atoms with van der Waals surface area (Å²) in [5.74, 6) is 0. The number of thioether (sulfide) groups is 4. The first-order valence-corrected chi connectivity index (χ1v) is 13.1. The molecule has 0 atom stereocenters. The third-order valence-electron chi connectivity index (χ3n) is 4.32. The molecule has 0 aromatic heterocycles. The van der Waals surface area contributed by atoms with E-state index in [1.165, 1.54) is 41.8 Å². The molecule has 3 aromatic carbocycles. The molecule has 0 saturated heterocycles. The fourth-order valence-corrected chi connectivity index (χ4v) is 5.84. The van der Waals surface area contributed by atoms with Crippen LogP contribution in [0.25, 0.3) is 22.3 Å². The van der Waals surface area contributed by atoms with Crippen LogP contribution in [0.4, 0.5) is 0 Å². The van der Waals surface area contributed by atoms with Gasteiger partial charge in [-0.1, -0.05) is 36.4 Å². The van der Waals surface area contributed by atoms with Crippen LogP contribution in [0.5, 0.6) is 0 Å². The quantitative estimate of drug-likeness (QED) is 0.376. The molecule has 0 aliphatic heterocycles. The average molecular weight is 415 g/mol. The van der Waals surface area contributed by atoms with Crippen LogP contribution in [-0.2, 0) is 0 Å². The Kier molecular flexibility index (Phi) is 7.10. The van der Waals surface area contributed by atoms with Gasteiger partial charge in [0.15, 0.2) is 0 Å². The van der Waals surface area contributed by atoms with Crippen LogP contribution < -0.4 is 0 Å². The molecule has 0 saturated carbocycles. The van der Waals surface area contributed by atoms with E-state index in [-0.39, 0.29) is 0 Å². The molecule has 0 fully saturated rings. The van der Waals surface area contributed by atoms with E-state index in [4.69, 9.17) is 0 Å². The van der Waals surface area contributed by atoms with Gasteiger partial charge in [0.25, 0.3) is 0 Å². The standard InChI is InChI=1S/C22H22S4/c1-23-19-11-9-17(13-21(19)25-3)15-5-7-16(8-6-15)18-10-12-20(24-2)22(14-18)26-4/h5-14H,1-4H3. The Labute approximate surface area is 173 Å². The third-order valence-corrected chi connectivity index (χ3v) is 7.72. The van der Waals surface area contributed by atoms with Crippen molar-refractivity contribution < 1.29 is 0 Å². The van der Waals surface area contributed by atoms with Gasteiger partial charge < -0.3 is 0 Å². The molecule has 3 rings (SSSR count). The van der Waals surface area contributed by atoms with E-state index < -0.39 is 0 Å². The SMILES string of the molecule is CSc1ccc(-c2ccc(-c3ccc(SC)c(SC)c3)cc2)cc1SC. The van der Waals surface area contributed by atoms with Crippen molar-refractivity contribution in [3.05, 3.63) is 60.7 Å². The molecule has 0 bridgehead atoms. The summed E-state index contributed by atoms with van der Waals surface area (Å²) in [6.07, 6.45) is 8.55. The minimum absolute atomic E-state index is 1.27. The highest BCUT2D eigenvalue weighted by Gasteiger charge is 2.07. The van der Waals surface area contributed by atoms with Gasteiger partial charge in [-0.25, -0.2) is 0 Å². The normalized spacial score (nSPS) is 10.9. The zero-order chi connectivity index (χ0) is 18.5. The molecule has 0 amide bonds. The molecular weight excluding hydrogens is 393 g/mol. The lowest BCUT2D eigenvalue weighted by Crippen LogP contribution is -1.85. The van der Waals surface area contributed by atoms with E-state index in [2.05, 4.69) is 85.7 Å². The summed E-state index contributed by atoms with van der Waals surface area (Å²) in [7, 11) is 0. The summed E-state index contributed by atoms with van der Waals surface area (Å²) < 4.78 is 0. The van der Waals surface area contributed by atoms with E-state index in [1.807, 2.05) is 23.5 Å². The van der Waals surface area contributed by atoms with E-state index in [0.717, 1.165) is 0 Å². The van der Waals surface area contributed by atoms with Crippen LogP contribution in [0, 0.1) is 0 Å². The lowest BCUT2D eigenvalue weighted by Gasteiger charge is -2.11. The summed E-state index contributed by atoms with van der Waals surface area (Å²) in [5.41, 5.74) is 5.09. The van der Waals surface area contributed by atoms with E-state index in [9.17, 15) is 0 Å². The molecule has 0 aliphatic rings. The van der Waals surface area contributed by atoms with Crippen molar-refractivity contribution in [2.45, 2.75) is 19.6 Å². The summed E-state index contributed by atoms with van der Waals surface area (Å²) in [6, 6.07) is 22.4. The molecule has 26 heavy (non-hydrogen) atoms. The highest BCUT2D eigenvalue weighted by atomic mass is 32.2. The van der Waals surface area contributed by atoms with Gasteiger partial charge in [0.2, 0.25) is 0 Å². The van der Waals surface area contributed by atoms with Crippen molar-refractivity contribution in [2.24, 2.45) is 0 Å². The van der Waals surface area contributed by atoms with Gasteiger partial charge in [-0.05, 0) is 71.5 Å². The molecule has 0 heterocycles. The van der Waals surface area contributed by atoms with Gasteiger partial charge in [0, 0.05) is 19.6 Å². The molecule has 0 radical (unpaired) electrons. The third kappa shape index (κ3) is 4.30. The molecule has 0 nitrogen and oxygen atoms in total. The predicted molar refractivity (Wildman–Crippen MR) is 124 cm³/mol. The first kappa shape index (κ1) is 19.8. The topological polar surface area (TPSA) is 0 Å². The molecule has 134 valence electrons. The first-order chi connectivity index (χ1) is 12.7. The zero-order valence-electron chi connectivity index (χ0n) is 15.4. The Morgan fingerprint density at radius 2 is 0.692 bits per heavy atom. The molecule has 0 N–H and O–H groups in total. The second kappa shape index (κ2) is 9.32. The predicted octanol–water partition coefficient (Wildman–Crippen LogP) is 7.91. The van der Waals surface area contributed by atoms with Crippen molar-refractivity contribution in [1.29, 1.82) is 0 Å². The smallest absolute Gasteiger partial charge is 0.0211 e. The van der Waals surface area contributed by atoms with Gasteiger partial charge in [0.1, 0.15) is 0 Å². The minimum Gasteiger partial charge on any atom is -0.128 e. The zero-order valence-corrected chi connectivity index (χ0v) is 18.7. The summed E-state index contributed by atoms with van der Waals surface area (Å²) in [5, 5.41) is 0. The van der Waals surface area contributed by atoms with Gasteiger partial charge >= 0.3 is 0 Å². The largest absolute Gasteiger partial charge is 0.128 e. The average Bonchev–Trinajstić information content (AvgIpc) is 2.72. The first-order valence-electron chi connectivity index (χ1n) is 8.25. The monoisotopic (exact) mass is 414 g/mol. The Bertz CT molecular complexity index is 811. The Balaban J connectivity index is 1.92. The highest BCUT2D eigenvalue weighted by Crippen LogP contribution is 2.35. The number of rotatable bonds is 6. The number of benzene rings is 3. The van der Waals surface area contributed by atoms with E-state index in [1.54, 1.807) is 23.5 Å². The van der Waals surface area contributed by atoms with Gasteiger partial charge in [0.05, 0.1) is 0 Å². The van der Waals surface area contributed by atoms with Crippen LogP contribution in [0.2, 0.25) is 0 Å². The van der Waals surface area contributed by atoms with E-state index >= 15 is 0 Å². The van der Waals surface area contributed by atoms with Gasteiger partial charge in [-0.3, -0.25) is 0 Å². The molecule has 0 unspecified atom stereocenters. The second-order valence-electron chi connectivity index (χ2n) is 5.72. The van der Waals surface area contributed by atoms with Crippen LogP contribution in [-0.4, -0.2) is 25.0 Å². The lowest BCUT2D eigenvalue weighted by molar-refractivity contribution is 1.25. The molecule has 0 spiro atoms.